The van der Waals surface area contributed by atoms with Gasteiger partial charge in [-0.15, -0.1) is 0 Å². The van der Waals surface area contributed by atoms with Gasteiger partial charge in [-0.25, -0.2) is 9.97 Å². The van der Waals surface area contributed by atoms with Crippen molar-refractivity contribution in [1.82, 2.24) is 15.3 Å². The van der Waals surface area contributed by atoms with E-state index >= 15 is 0 Å². The number of ether oxygens (including phenoxy) is 2. The van der Waals surface area contributed by atoms with E-state index in [9.17, 15) is 4.79 Å². The van der Waals surface area contributed by atoms with Crippen LogP contribution in [0, 0.1) is 0 Å². The van der Waals surface area contributed by atoms with Gasteiger partial charge in [-0.05, 0) is 53.4 Å². The second kappa shape index (κ2) is 8.12. The van der Waals surface area contributed by atoms with Crippen molar-refractivity contribution in [2.45, 2.75) is 6.54 Å². The number of pyridine rings is 2. The number of aromatic nitrogens is 2. The van der Waals surface area contributed by atoms with Crippen LogP contribution in [0.25, 0.3) is 10.8 Å². The van der Waals surface area contributed by atoms with Gasteiger partial charge in [0.25, 0.3) is 5.91 Å². The molecule has 0 saturated carbocycles. The third-order valence-corrected chi connectivity index (χ3v) is 5.11. The van der Waals surface area contributed by atoms with Crippen LogP contribution in [0.1, 0.15) is 16.1 Å². The molecule has 0 unspecified atom stereocenters. The highest BCUT2D eigenvalue weighted by Gasteiger charge is 2.14. The van der Waals surface area contributed by atoms with Crippen molar-refractivity contribution in [1.29, 1.82) is 0 Å². The predicted molar refractivity (Wildman–Crippen MR) is 118 cm³/mol. The number of hydrogen-bond acceptors (Lipinski definition) is 6. The standard InChI is InChI=1S/C23H17ClN4O3/c24-16-3-2-15-7-8-25-22(18(15)10-16)28-17-4-5-19(26-12-17)23(29)27-11-14-1-6-20-21(9-14)31-13-30-20/h1-10,12H,11,13H2,(H,25,28)(H,27,29). The molecular formula is C23H17ClN4O3. The summed E-state index contributed by atoms with van der Waals surface area (Å²) in [7, 11) is 0. The first kappa shape index (κ1) is 19.1. The maximum atomic E-state index is 12.5. The van der Waals surface area contributed by atoms with E-state index in [2.05, 4.69) is 20.6 Å². The largest absolute Gasteiger partial charge is 0.454 e. The number of rotatable bonds is 5. The van der Waals surface area contributed by atoms with Crippen LogP contribution in [-0.4, -0.2) is 22.7 Å². The predicted octanol–water partition coefficient (Wildman–Crippen LogP) is 4.69. The van der Waals surface area contributed by atoms with Crippen molar-refractivity contribution in [3.63, 3.8) is 0 Å². The Morgan fingerprint density at radius 1 is 1.00 bits per heavy atom. The molecule has 4 aromatic rings. The minimum Gasteiger partial charge on any atom is -0.454 e. The smallest absolute Gasteiger partial charge is 0.270 e. The molecule has 0 aliphatic carbocycles. The average molecular weight is 433 g/mol. The van der Waals surface area contributed by atoms with E-state index in [1.165, 1.54) is 0 Å². The lowest BCUT2D eigenvalue weighted by Crippen LogP contribution is -2.23. The first-order valence-electron chi connectivity index (χ1n) is 9.60. The normalized spacial score (nSPS) is 12.0. The molecule has 8 heteroatoms. The Morgan fingerprint density at radius 2 is 1.90 bits per heavy atom. The van der Waals surface area contributed by atoms with E-state index in [0.717, 1.165) is 16.3 Å². The number of carbonyl (C=O) groups excluding carboxylic acids is 1. The van der Waals surface area contributed by atoms with Crippen molar-refractivity contribution in [3.8, 4) is 11.5 Å². The molecular weight excluding hydrogens is 416 g/mol. The van der Waals surface area contributed by atoms with Crippen LogP contribution in [0.15, 0.2) is 67.0 Å². The summed E-state index contributed by atoms with van der Waals surface area (Å²) < 4.78 is 10.7. The van der Waals surface area contributed by atoms with Crippen molar-refractivity contribution in [2.24, 2.45) is 0 Å². The maximum absolute atomic E-state index is 12.5. The zero-order chi connectivity index (χ0) is 21.2. The molecule has 5 rings (SSSR count). The molecule has 2 aromatic heterocycles. The highest BCUT2D eigenvalue weighted by molar-refractivity contribution is 6.31. The molecule has 1 amide bonds. The van der Waals surface area contributed by atoms with Gasteiger partial charge in [-0.3, -0.25) is 4.79 Å². The molecule has 2 N–H and O–H groups in total. The molecule has 1 aliphatic heterocycles. The van der Waals surface area contributed by atoms with Crippen molar-refractivity contribution < 1.29 is 14.3 Å². The average Bonchev–Trinajstić information content (AvgIpc) is 3.26. The lowest BCUT2D eigenvalue weighted by molar-refractivity contribution is 0.0946. The summed E-state index contributed by atoms with van der Waals surface area (Å²) in [5.41, 5.74) is 1.95. The fourth-order valence-corrected chi connectivity index (χ4v) is 3.47. The molecule has 7 nitrogen and oxygen atoms in total. The Morgan fingerprint density at radius 3 is 2.77 bits per heavy atom. The van der Waals surface area contributed by atoms with E-state index in [-0.39, 0.29) is 12.7 Å². The third-order valence-electron chi connectivity index (χ3n) is 4.88. The number of carbonyl (C=O) groups is 1. The summed E-state index contributed by atoms with van der Waals surface area (Å²) >= 11 is 6.13. The Labute approximate surface area is 183 Å². The number of anilines is 2. The van der Waals surface area contributed by atoms with Crippen LogP contribution in [0.4, 0.5) is 11.5 Å². The highest BCUT2D eigenvalue weighted by atomic mass is 35.5. The number of nitrogens with one attached hydrogen (secondary N) is 2. The van der Waals surface area contributed by atoms with Gasteiger partial charge < -0.3 is 20.1 Å². The SMILES string of the molecule is O=C(NCc1ccc2c(c1)OCO2)c1ccc(Nc2nccc3ccc(Cl)cc23)cn1. The quantitative estimate of drug-likeness (QED) is 0.476. The van der Waals surface area contributed by atoms with Gasteiger partial charge in [-0.2, -0.15) is 0 Å². The summed E-state index contributed by atoms with van der Waals surface area (Å²) in [6.45, 7) is 0.578. The number of hydrogen-bond donors (Lipinski definition) is 2. The first-order chi connectivity index (χ1) is 15.2. The zero-order valence-electron chi connectivity index (χ0n) is 16.3. The molecule has 154 valence electrons. The molecule has 3 heterocycles. The third kappa shape index (κ3) is 4.08. The number of benzene rings is 2. The van der Waals surface area contributed by atoms with Crippen molar-refractivity contribution in [2.75, 3.05) is 12.1 Å². The summed E-state index contributed by atoms with van der Waals surface area (Å²) in [4.78, 5) is 21.1. The lowest BCUT2D eigenvalue weighted by atomic mass is 10.1. The molecule has 0 radical (unpaired) electrons. The number of halogens is 1. The van der Waals surface area contributed by atoms with Crippen LogP contribution >= 0.6 is 11.6 Å². The van der Waals surface area contributed by atoms with Crippen molar-refractivity contribution in [3.05, 3.63) is 83.3 Å². The Bertz CT molecular complexity index is 1280. The van der Waals surface area contributed by atoms with Crippen LogP contribution in [0.5, 0.6) is 11.5 Å². The maximum Gasteiger partial charge on any atom is 0.270 e. The van der Waals surface area contributed by atoms with Gasteiger partial charge in [0.05, 0.1) is 11.9 Å². The van der Waals surface area contributed by atoms with E-state index in [0.29, 0.717) is 40.3 Å². The van der Waals surface area contributed by atoms with Gasteiger partial charge in [0.15, 0.2) is 11.5 Å². The topological polar surface area (TPSA) is 85.4 Å². The van der Waals surface area contributed by atoms with Gasteiger partial charge in [0.2, 0.25) is 6.79 Å². The van der Waals surface area contributed by atoms with E-state index in [1.807, 2.05) is 42.5 Å². The molecule has 1 aliphatic rings. The van der Waals surface area contributed by atoms with E-state index < -0.39 is 0 Å². The summed E-state index contributed by atoms with van der Waals surface area (Å²) in [6, 6.07) is 16.6. The fourth-order valence-electron chi connectivity index (χ4n) is 3.30. The zero-order valence-corrected chi connectivity index (χ0v) is 17.0. The fraction of sp³-hybridized carbons (Fsp3) is 0.0870. The molecule has 2 aromatic carbocycles. The molecule has 0 fully saturated rings. The number of fused-ring (bicyclic) bond motifs is 2. The molecule has 0 saturated heterocycles. The van der Waals surface area contributed by atoms with E-state index in [1.54, 1.807) is 24.5 Å². The van der Waals surface area contributed by atoms with Crippen LogP contribution in [0.3, 0.4) is 0 Å². The molecule has 31 heavy (non-hydrogen) atoms. The molecule has 0 bridgehead atoms. The first-order valence-corrected chi connectivity index (χ1v) is 9.97. The second-order valence-corrected chi connectivity index (χ2v) is 7.39. The van der Waals surface area contributed by atoms with E-state index in [4.69, 9.17) is 21.1 Å². The highest BCUT2D eigenvalue weighted by Crippen LogP contribution is 2.32. The van der Waals surface area contributed by atoms with Gasteiger partial charge in [0, 0.05) is 23.2 Å². The van der Waals surface area contributed by atoms with Crippen molar-refractivity contribution >= 4 is 39.8 Å². The number of amides is 1. The van der Waals surface area contributed by atoms with Gasteiger partial charge >= 0.3 is 0 Å². The van der Waals surface area contributed by atoms with Crippen LogP contribution in [-0.2, 0) is 6.54 Å². The Balaban J connectivity index is 1.26. The minimum atomic E-state index is -0.265. The Hall–Kier alpha value is -3.84. The summed E-state index contributed by atoms with van der Waals surface area (Å²) in [6.07, 6.45) is 3.32. The molecule has 0 atom stereocenters. The summed E-state index contributed by atoms with van der Waals surface area (Å²) in [5.74, 6) is 1.80. The van der Waals surface area contributed by atoms with Gasteiger partial charge in [-0.1, -0.05) is 23.7 Å². The second-order valence-electron chi connectivity index (χ2n) is 6.95. The van der Waals surface area contributed by atoms with Crippen LogP contribution < -0.4 is 20.1 Å². The monoisotopic (exact) mass is 432 g/mol. The van der Waals surface area contributed by atoms with Gasteiger partial charge in [0.1, 0.15) is 11.5 Å². The van der Waals surface area contributed by atoms with Crippen LogP contribution in [0.2, 0.25) is 5.02 Å². The molecule has 0 spiro atoms. The Kier molecular flexibility index (Phi) is 5.01. The number of nitrogens with zero attached hydrogens (tertiary/aromatic N) is 2. The summed E-state index contributed by atoms with van der Waals surface area (Å²) in [5, 5.41) is 8.65. The minimum absolute atomic E-state index is 0.219. The lowest BCUT2D eigenvalue weighted by Gasteiger charge is -2.10.